The summed E-state index contributed by atoms with van der Waals surface area (Å²) in [5.74, 6) is 0. The van der Waals surface area contributed by atoms with Gasteiger partial charge in [0.2, 0.25) is 0 Å². The predicted octanol–water partition coefficient (Wildman–Crippen LogP) is 4.05. The molecule has 0 aliphatic carbocycles. The number of aryl methyl sites for hydroxylation is 3. The zero-order chi connectivity index (χ0) is 11.3. The molecule has 82 valence electrons. The fourth-order valence-corrected chi connectivity index (χ4v) is 3.74. The van der Waals surface area contributed by atoms with Crippen molar-refractivity contribution in [3.8, 4) is 10.6 Å². The summed E-state index contributed by atoms with van der Waals surface area (Å²) in [5, 5.41) is 2.10. The zero-order valence-corrected chi connectivity index (χ0v) is 11.1. The number of hydrogen-bond donors (Lipinski definition) is 0. The summed E-state index contributed by atoms with van der Waals surface area (Å²) in [6.07, 6.45) is 0. The van der Waals surface area contributed by atoms with Crippen molar-refractivity contribution in [1.29, 1.82) is 0 Å². The monoisotopic (exact) mass is 248 g/mol. The van der Waals surface area contributed by atoms with Gasteiger partial charge in [0.15, 0.2) is 4.96 Å². The highest BCUT2D eigenvalue weighted by Crippen LogP contribution is 2.32. The maximum Gasteiger partial charge on any atom is 0.194 e. The third-order valence-electron chi connectivity index (χ3n) is 2.92. The Kier molecular flexibility index (Phi) is 2.16. The average molecular weight is 248 g/mol. The van der Waals surface area contributed by atoms with Gasteiger partial charge in [0.25, 0.3) is 0 Å². The topological polar surface area (TPSA) is 17.3 Å². The van der Waals surface area contributed by atoms with Gasteiger partial charge in [-0.25, -0.2) is 4.98 Å². The van der Waals surface area contributed by atoms with Gasteiger partial charge in [-0.1, -0.05) is 6.07 Å². The van der Waals surface area contributed by atoms with Crippen LogP contribution in [0.3, 0.4) is 0 Å². The Bertz CT molecular complexity index is 644. The molecule has 3 aromatic rings. The van der Waals surface area contributed by atoms with Gasteiger partial charge in [-0.3, -0.25) is 4.40 Å². The highest BCUT2D eigenvalue weighted by molar-refractivity contribution is 7.17. The number of aromatic nitrogens is 2. The van der Waals surface area contributed by atoms with Crippen molar-refractivity contribution in [2.75, 3.05) is 0 Å². The Balaban J connectivity index is 2.33. The molecule has 3 heterocycles. The summed E-state index contributed by atoms with van der Waals surface area (Å²) in [6.45, 7) is 6.46. The van der Waals surface area contributed by atoms with Crippen LogP contribution in [0.4, 0.5) is 0 Å². The summed E-state index contributed by atoms with van der Waals surface area (Å²) in [4.78, 5) is 8.44. The van der Waals surface area contributed by atoms with E-state index in [1.165, 1.54) is 21.1 Å². The van der Waals surface area contributed by atoms with Crippen LogP contribution in [0.5, 0.6) is 0 Å². The lowest BCUT2D eigenvalue weighted by Gasteiger charge is -1.97. The van der Waals surface area contributed by atoms with Crippen LogP contribution in [-0.2, 0) is 0 Å². The van der Waals surface area contributed by atoms with Crippen LogP contribution in [0.1, 0.15) is 16.3 Å². The first-order chi connectivity index (χ1) is 7.68. The first-order valence-corrected chi connectivity index (χ1v) is 6.87. The molecule has 0 atom stereocenters. The van der Waals surface area contributed by atoms with Crippen molar-refractivity contribution in [3.63, 3.8) is 0 Å². The molecule has 0 radical (unpaired) electrons. The normalized spacial score (nSPS) is 11.4. The van der Waals surface area contributed by atoms with Crippen molar-refractivity contribution in [2.45, 2.75) is 20.8 Å². The minimum absolute atomic E-state index is 1.11. The molecule has 3 rings (SSSR count). The van der Waals surface area contributed by atoms with Crippen LogP contribution >= 0.6 is 22.7 Å². The Morgan fingerprint density at radius 1 is 1.19 bits per heavy atom. The summed E-state index contributed by atoms with van der Waals surface area (Å²) in [6, 6.07) is 4.21. The molecule has 0 aliphatic rings. The number of rotatable bonds is 1. The van der Waals surface area contributed by atoms with E-state index in [1.54, 1.807) is 22.7 Å². The predicted molar refractivity (Wildman–Crippen MR) is 70.6 cm³/mol. The molecule has 0 aliphatic heterocycles. The first kappa shape index (κ1) is 10.1. The van der Waals surface area contributed by atoms with E-state index in [-0.39, 0.29) is 0 Å². The largest absolute Gasteiger partial charge is 0.291 e. The Labute approximate surface area is 102 Å². The summed E-state index contributed by atoms with van der Waals surface area (Å²) >= 11 is 3.52. The Morgan fingerprint density at radius 2 is 2.00 bits per heavy atom. The summed E-state index contributed by atoms with van der Waals surface area (Å²) in [5.41, 5.74) is 3.69. The fourth-order valence-electron chi connectivity index (χ4n) is 1.95. The van der Waals surface area contributed by atoms with Crippen molar-refractivity contribution in [3.05, 3.63) is 33.8 Å². The SMILES string of the molecule is Cc1sc2nc(-c3cccs3)c(C)n2c1C. The first-order valence-electron chi connectivity index (χ1n) is 5.17. The number of fused-ring (bicyclic) bond motifs is 1. The van der Waals surface area contributed by atoms with Crippen molar-refractivity contribution >= 4 is 27.6 Å². The van der Waals surface area contributed by atoms with Crippen LogP contribution < -0.4 is 0 Å². The molecule has 0 bridgehead atoms. The molecule has 2 nitrogen and oxygen atoms in total. The van der Waals surface area contributed by atoms with E-state index in [1.807, 2.05) is 0 Å². The van der Waals surface area contributed by atoms with E-state index < -0.39 is 0 Å². The minimum atomic E-state index is 1.11. The maximum absolute atomic E-state index is 4.73. The molecule has 0 saturated carbocycles. The zero-order valence-electron chi connectivity index (χ0n) is 9.44. The van der Waals surface area contributed by atoms with Crippen LogP contribution in [0.2, 0.25) is 0 Å². The van der Waals surface area contributed by atoms with E-state index >= 15 is 0 Å². The molecule has 0 fully saturated rings. The van der Waals surface area contributed by atoms with Gasteiger partial charge in [0.05, 0.1) is 4.88 Å². The molecule has 4 heteroatoms. The van der Waals surface area contributed by atoms with E-state index in [0.29, 0.717) is 0 Å². The lowest BCUT2D eigenvalue weighted by molar-refractivity contribution is 1.06. The Hall–Kier alpha value is -1.13. The molecule has 0 amide bonds. The number of hydrogen-bond acceptors (Lipinski definition) is 3. The average Bonchev–Trinajstić information content (AvgIpc) is 2.90. The van der Waals surface area contributed by atoms with Crippen LogP contribution in [0.25, 0.3) is 15.5 Å². The Morgan fingerprint density at radius 3 is 2.62 bits per heavy atom. The number of imidazole rings is 1. The van der Waals surface area contributed by atoms with Gasteiger partial charge >= 0.3 is 0 Å². The molecule has 0 spiro atoms. The number of thiazole rings is 1. The second-order valence-electron chi connectivity index (χ2n) is 3.88. The highest BCUT2D eigenvalue weighted by atomic mass is 32.1. The van der Waals surface area contributed by atoms with Crippen molar-refractivity contribution in [2.24, 2.45) is 0 Å². The van der Waals surface area contributed by atoms with Crippen LogP contribution in [0.15, 0.2) is 17.5 Å². The van der Waals surface area contributed by atoms with E-state index in [2.05, 4.69) is 42.7 Å². The van der Waals surface area contributed by atoms with Gasteiger partial charge < -0.3 is 0 Å². The summed E-state index contributed by atoms with van der Waals surface area (Å²) < 4.78 is 2.26. The second kappa shape index (κ2) is 3.43. The lowest BCUT2D eigenvalue weighted by Crippen LogP contribution is -1.88. The van der Waals surface area contributed by atoms with Crippen molar-refractivity contribution < 1.29 is 0 Å². The third kappa shape index (κ3) is 1.26. The van der Waals surface area contributed by atoms with E-state index in [0.717, 1.165) is 10.7 Å². The standard InChI is InChI=1S/C12H12N2S2/c1-7-9(3)16-12-13-11(8(2)14(7)12)10-5-4-6-15-10/h4-6H,1-3H3. The highest BCUT2D eigenvalue weighted by Gasteiger charge is 2.15. The third-order valence-corrected chi connectivity index (χ3v) is 4.86. The quantitative estimate of drug-likeness (QED) is 0.635. The number of thiophene rings is 1. The summed E-state index contributed by atoms with van der Waals surface area (Å²) in [7, 11) is 0. The van der Waals surface area contributed by atoms with Gasteiger partial charge in [-0.15, -0.1) is 22.7 Å². The minimum Gasteiger partial charge on any atom is -0.291 e. The smallest absolute Gasteiger partial charge is 0.194 e. The molecule has 0 aromatic carbocycles. The molecule has 0 saturated heterocycles. The maximum atomic E-state index is 4.73. The molecule has 0 unspecified atom stereocenters. The van der Waals surface area contributed by atoms with Gasteiger partial charge in [0.1, 0.15) is 5.69 Å². The van der Waals surface area contributed by atoms with Gasteiger partial charge in [-0.2, -0.15) is 0 Å². The molecule has 3 aromatic heterocycles. The fraction of sp³-hybridized carbons (Fsp3) is 0.250. The van der Waals surface area contributed by atoms with E-state index in [4.69, 9.17) is 4.98 Å². The lowest BCUT2D eigenvalue weighted by atomic mass is 10.3. The molecule has 0 N–H and O–H groups in total. The van der Waals surface area contributed by atoms with E-state index in [9.17, 15) is 0 Å². The van der Waals surface area contributed by atoms with Crippen LogP contribution in [-0.4, -0.2) is 9.38 Å². The van der Waals surface area contributed by atoms with Crippen molar-refractivity contribution in [1.82, 2.24) is 9.38 Å². The van der Waals surface area contributed by atoms with Gasteiger partial charge in [-0.05, 0) is 32.2 Å². The second-order valence-corrected chi connectivity index (χ2v) is 6.01. The van der Waals surface area contributed by atoms with Gasteiger partial charge in [0, 0.05) is 16.3 Å². The molecular weight excluding hydrogens is 236 g/mol. The molecular formula is C12H12N2S2. The van der Waals surface area contributed by atoms with Crippen LogP contribution in [0, 0.1) is 20.8 Å². The molecule has 16 heavy (non-hydrogen) atoms. The number of nitrogens with zero attached hydrogens (tertiary/aromatic N) is 2.